The summed E-state index contributed by atoms with van der Waals surface area (Å²) in [5.41, 5.74) is 8.65. The lowest BCUT2D eigenvalue weighted by atomic mass is 10.0. The topological polar surface area (TPSA) is 104 Å². The number of aromatic nitrogens is 2. The molecule has 1 unspecified atom stereocenters. The van der Waals surface area contributed by atoms with Gasteiger partial charge in [-0.15, -0.1) is 21.0 Å². The first-order chi connectivity index (χ1) is 12.0. The number of nitrogens with two attached hydrogens (primary N) is 1. The number of rotatable bonds is 6. The molecule has 132 valence electrons. The zero-order chi connectivity index (χ0) is 18.0. The zero-order valence-corrected chi connectivity index (χ0v) is 15.8. The van der Waals surface area contributed by atoms with Crippen molar-refractivity contribution in [3.05, 3.63) is 29.8 Å². The molecule has 0 amide bonds. The van der Waals surface area contributed by atoms with Gasteiger partial charge in [0.25, 0.3) is 0 Å². The first-order valence-electron chi connectivity index (χ1n) is 7.92. The average molecular weight is 376 g/mol. The van der Waals surface area contributed by atoms with Crippen LogP contribution in [-0.4, -0.2) is 39.1 Å². The first-order valence-corrected chi connectivity index (χ1v) is 9.72. The van der Waals surface area contributed by atoms with Crippen LogP contribution in [0.15, 0.2) is 29.3 Å². The summed E-state index contributed by atoms with van der Waals surface area (Å²) in [6, 6.07) is 5.69. The van der Waals surface area contributed by atoms with Gasteiger partial charge in [0.05, 0.1) is 17.9 Å². The average Bonchev–Trinajstić information content (AvgIpc) is 3.40. The van der Waals surface area contributed by atoms with E-state index in [0.717, 1.165) is 23.4 Å². The number of aliphatic hydroxyl groups excluding tert-OH is 1. The molecular formula is C17H21N4O2PS. The number of thioether (sulfide) groups is 1. The second-order valence-electron chi connectivity index (χ2n) is 5.78. The SMILES string of the molecule is CSc1nc(NC2CC2)nc(-c2cccc(O)c2P)c1/C(N)=C/CO. The minimum atomic E-state index is -0.172. The summed E-state index contributed by atoms with van der Waals surface area (Å²) in [6.07, 6.45) is 5.68. The monoisotopic (exact) mass is 376 g/mol. The van der Waals surface area contributed by atoms with Crippen LogP contribution in [0, 0.1) is 0 Å². The number of nitrogens with one attached hydrogen (secondary N) is 1. The van der Waals surface area contributed by atoms with E-state index in [1.54, 1.807) is 12.1 Å². The molecule has 0 bridgehead atoms. The Morgan fingerprint density at radius 2 is 2.20 bits per heavy atom. The molecule has 3 rings (SSSR count). The smallest absolute Gasteiger partial charge is 0.224 e. The molecule has 8 heteroatoms. The lowest BCUT2D eigenvalue weighted by molar-refractivity contribution is 0.343. The van der Waals surface area contributed by atoms with Gasteiger partial charge in [0.15, 0.2) is 0 Å². The maximum atomic E-state index is 10.1. The molecule has 0 radical (unpaired) electrons. The maximum absolute atomic E-state index is 10.1. The van der Waals surface area contributed by atoms with Gasteiger partial charge in [-0.1, -0.05) is 12.1 Å². The minimum Gasteiger partial charge on any atom is -0.507 e. The molecule has 1 aliphatic carbocycles. The summed E-state index contributed by atoms with van der Waals surface area (Å²) < 4.78 is 0. The van der Waals surface area contributed by atoms with Crippen LogP contribution in [0.4, 0.5) is 5.95 Å². The molecule has 25 heavy (non-hydrogen) atoms. The number of nitrogens with zero attached hydrogens (tertiary/aromatic N) is 2. The summed E-state index contributed by atoms with van der Waals surface area (Å²) in [7, 11) is 2.55. The molecule has 6 nitrogen and oxygen atoms in total. The summed E-state index contributed by atoms with van der Waals surface area (Å²) >= 11 is 1.47. The number of hydrogen-bond donors (Lipinski definition) is 4. The van der Waals surface area contributed by atoms with Crippen molar-refractivity contribution in [1.29, 1.82) is 0 Å². The number of aromatic hydroxyl groups is 1. The van der Waals surface area contributed by atoms with E-state index in [2.05, 4.69) is 24.5 Å². The second kappa shape index (κ2) is 7.60. The number of hydrogen-bond acceptors (Lipinski definition) is 7. The van der Waals surface area contributed by atoms with Crippen molar-refractivity contribution in [2.75, 3.05) is 18.2 Å². The van der Waals surface area contributed by atoms with Gasteiger partial charge in [-0.25, -0.2) is 9.97 Å². The Kier molecular flexibility index (Phi) is 5.47. The van der Waals surface area contributed by atoms with Crippen LogP contribution < -0.4 is 16.4 Å². The van der Waals surface area contributed by atoms with Gasteiger partial charge >= 0.3 is 0 Å². The second-order valence-corrected chi connectivity index (χ2v) is 7.15. The van der Waals surface area contributed by atoms with E-state index in [-0.39, 0.29) is 12.4 Å². The van der Waals surface area contributed by atoms with Crippen molar-refractivity contribution in [2.45, 2.75) is 23.9 Å². The van der Waals surface area contributed by atoms with Gasteiger partial charge in [0, 0.05) is 22.6 Å². The van der Waals surface area contributed by atoms with Gasteiger partial charge in [0.2, 0.25) is 5.95 Å². The van der Waals surface area contributed by atoms with Crippen LogP contribution in [-0.2, 0) is 0 Å². The molecular weight excluding hydrogens is 355 g/mol. The van der Waals surface area contributed by atoms with E-state index in [4.69, 9.17) is 5.73 Å². The van der Waals surface area contributed by atoms with Crippen molar-refractivity contribution in [2.24, 2.45) is 5.73 Å². The molecule has 1 aromatic heterocycles. The molecule has 1 heterocycles. The Labute approximate surface area is 153 Å². The predicted molar refractivity (Wildman–Crippen MR) is 106 cm³/mol. The van der Waals surface area contributed by atoms with Crippen molar-refractivity contribution in [1.82, 2.24) is 9.97 Å². The zero-order valence-electron chi connectivity index (χ0n) is 13.9. The lowest BCUT2D eigenvalue weighted by Gasteiger charge is -2.17. The van der Waals surface area contributed by atoms with Gasteiger partial charge in [-0.3, -0.25) is 0 Å². The third-order valence-corrected chi connectivity index (χ3v) is 5.21. The van der Waals surface area contributed by atoms with E-state index in [1.165, 1.54) is 17.8 Å². The number of aliphatic hydroxyl groups is 1. The van der Waals surface area contributed by atoms with Crippen LogP contribution >= 0.6 is 21.0 Å². The number of benzene rings is 1. The number of phenols is 1. The van der Waals surface area contributed by atoms with Crippen LogP contribution in [0.25, 0.3) is 17.0 Å². The van der Waals surface area contributed by atoms with E-state index in [1.807, 2.05) is 12.3 Å². The van der Waals surface area contributed by atoms with Crippen molar-refractivity contribution >= 4 is 38.0 Å². The molecule has 0 saturated heterocycles. The van der Waals surface area contributed by atoms with E-state index < -0.39 is 0 Å². The van der Waals surface area contributed by atoms with Crippen LogP contribution in [0.2, 0.25) is 0 Å². The normalized spacial score (nSPS) is 14.6. The largest absolute Gasteiger partial charge is 0.507 e. The fraction of sp³-hybridized carbons (Fsp3) is 0.294. The quantitative estimate of drug-likeness (QED) is 0.347. The molecule has 1 aliphatic rings. The Balaban J connectivity index is 2.24. The summed E-state index contributed by atoms with van der Waals surface area (Å²) in [5, 5.41) is 24.0. The van der Waals surface area contributed by atoms with Gasteiger partial charge < -0.3 is 21.3 Å². The number of phenolic OH excluding ortho intramolecular Hbond substituents is 1. The Hall–Kier alpha value is -1.82. The third-order valence-electron chi connectivity index (χ3n) is 3.92. The summed E-state index contributed by atoms with van der Waals surface area (Å²) in [4.78, 5) is 9.26. The highest BCUT2D eigenvalue weighted by atomic mass is 32.2. The lowest BCUT2D eigenvalue weighted by Crippen LogP contribution is -2.13. The van der Waals surface area contributed by atoms with Crippen LogP contribution in [0.3, 0.4) is 0 Å². The van der Waals surface area contributed by atoms with E-state index in [0.29, 0.717) is 34.2 Å². The molecule has 0 spiro atoms. The Bertz CT molecular complexity index is 825. The van der Waals surface area contributed by atoms with E-state index >= 15 is 0 Å². The predicted octanol–water partition coefficient (Wildman–Crippen LogP) is 1.94. The third kappa shape index (κ3) is 3.89. The summed E-state index contributed by atoms with van der Waals surface area (Å²) in [6.45, 7) is -0.172. The fourth-order valence-corrected chi connectivity index (χ4v) is 3.40. The highest BCUT2D eigenvalue weighted by Gasteiger charge is 2.25. The van der Waals surface area contributed by atoms with Gasteiger partial charge in [-0.05, 0) is 31.2 Å². The molecule has 2 aromatic rings. The van der Waals surface area contributed by atoms with Crippen molar-refractivity contribution < 1.29 is 10.2 Å². The molecule has 1 fully saturated rings. The molecule has 1 saturated carbocycles. The summed E-state index contributed by atoms with van der Waals surface area (Å²) in [5.74, 6) is 0.717. The maximum Gasteiger partial charge on any atom is 0.224 e. The van der Waals surface area contributed by atoms with Gasteiger partial charge in [-0.2, -0.15) is 0 Å². The van der Waals surface area contributed by atoms with Crippen LogP contribution in [0.1, 0.15) is 18.4 Å². The van der Waals surface area contributed by atoms with Gasteiger partial charge in [0.1, 0.15) is 10.8 Å². The highest BCUT2D eigenvalue weighted by molar-refractivity contribution is 7.98. The minimum absolute atomic E-state index is 0.166. The highest BCUT2D eigenvalue weighted by Crippen LogP contribution is 2.35. The Morgan fingerprint density at radius 3 is 2.84 bits per heavy atom. The fourth-order valence-electron chi connectivity index (χ4n) is 2.48. The molecule has 1 aromatic carbocycles. The van der Waals surface area contributed by atoms with Crippen LogP contribution in [0.5, 0.6) is 5.75 Å². The number of anilines is 1. The molecule has 5 N–H and O–H groups in total. The van der Waals surface area contributed by atoms with Crippen molar-refractivity contribution in [3.8, 4) is 17.0 Å². The molecule has 1 atom stereocenters. The Morgan fingerprint density at radius 1 is 1.44 bits per heavy atom. The van der Waals surface area contributed by atoms with E-state index in [9.17, 15) is 10.2 Å². The first kappa shape index (κ1) is 18.0. The standard InChI is InChI=1S/C17H21N4O2PS/c1-25-16-13(11(18)7-8-22)14(10-3-2-4-12(23)15(10)24)20-17(21-16)19-9-5-6-9/h2-4,7,9,22-23H,5-6,8,18,24H2,1H3,(H,19,20,21)/b11-7-. The molecule has 0 aliphatic heterocycles. The van der Waals surface area contributed by atoms with Crippen molar-refractivity contribution in [3.63, 3.8) is 0 Å².